The van der Waals surface area contributed by atoms with E-state index in [1.807, 2.05) is 24.4 Å². The molecule has 4 rings (SSSR count). The predicted octanol–water partition coefficient (Wildman–Crippen LogP) is 1.75. The first-order chi connectivity index (χ1) is 12.2. The molecule has 0 bridgehead atoms. The minimum absolute atomic E-state index is 0.306. The summed E-state index contributed by atoms with van der Waals surface area (Å²) >= 11 is 0. The monoisotopic (exact) mass is 337 g/mol. The van der Waals surface area contributed by atoms with Crippen molar-refractivity contribution >= 4 is 34.3 Å². The Morgan fingerprint density at radius 3 is 3.08 bits per heavy atom. The summed E-state index contributed by atoms with van der Waals surface area (Å²) in [6.07, 6.45) is 4.52. The zero-order chi connectivity index (χ0) is 17.4. The third-order valence-electron chi connectivity index (χ3n) is 4.04. The van der Waals surface area contributed by atoms with Gasteiger partial charge in [0.2, 0.25) is 0 Å². The fourth-order valence-corrected chi connectivity index (χ4v) is 2.91. The van der Waals surface area contributed by atoms with Crippen LogP contribution >= 0.6 is 0 Å². The summed E-state index contributed by atoms with van der Waals surface area (Å²) in [4.78, 5) is 18.6. The lowest BCUT2D eigenvalue weighted by Gasteiger charge is -2.06. The van der Waals surface area contributed by atoms with Gasteiger partial charge in [0, 0.05) is 40.2 Å². The van der Waals surface area contributed by atoms with E-state index >= 15 is 0 Å². The van der Waals surface area contributed by atoms with Crippen LogP contribution < -0.4 is 10.1 Å². The Morgan fingerprint density at radius 1 is 1.36 bits per heavy atom. The third-order valence-corrected chi connectivity index (χ3v) is 4.04. The van der Waals surface area contributed by atoms with E-state index in [0.29, 0.717) is 11.3 Å². The largest absolute Gasteiger partial charge is 0.425 e. The standard InChI is InChI=1S/C18H15N3O4/c22-9-16(23)25-11-3-4-15-13(7-11)14(18(24)21-15)6-10-8-20-17-12(10)2-1-5-19-17/h1-8,18,21-22,24H,9H2,(H,19,20). The minimum atomic E-state index is -0.875. The van der Waals surface area contributed by atoms with E-state index in [-0.39, 0.29) is 0 Å². The highest BCUT2D eigenvalue weighted by molar-refractivity contribution is 5.99. The van der Waals surface area contributed by atoms with Gasteiger partial charge in [0.15, 0.2) is 6.23 Å². The van der Waals surface area contributed by atoms with Gasteiger partial charge in [0.1, 0.15) is 18.0 Å². The molecule has 1 aromatic carbocycles. The Morgan fingerprint density at radius 2 is 2.24 bits per heavy atom. The first kappa shape index (κ1) is 15.4. The summed E-state index contributed by atoms with van der Waals surface area (Å²) in [7, 11) is 0. The number of nitrogens with one attached hydrogen (secondary N) is 2. The van der Waals surface area contributed by atoms with Crippen molar-refractivity contribution in [3.8, 4) is 5.75 Å². The number of carbonyl (C=O) groups is 1. The second kappa shape index (κ2) is 6.04. The Labute approximate surface area is 142 Å². The van der Waals surface area contributed by atoms with E-state index in [1.54, 1.807) is 24.4 Å². The second-order valence-corrected chi connectivity index (χ2v) is 5.63. The average molecular weight is 337 g/mol. The predicted molar refractivity (Wildman–Crippen MR) is 92.8 cm³/mol. The third kappa shape index (κ3) is 2.75. The highest BCUT2D eigenvalue weighted by Gasteiger charge is 2.25. The smallest absolute Gasteiger partial charge is 0.337 e. The van der Waals surface area contributed by atoms with E-state index in [1.165, 1.54) is 0 Å². The summed E-state index contributed by atoms with van der Waals surface area (Å²) in [5.74, 6) is -0.431. The van der Waals surface area contributed by atoms with Crippen LogP contribution in [0.5, 0.6) is 5.75 Å². The molecule has 2 aromatic heterocycles. The van der Waals surface area contributed by atoms with Crippen LogP contribution in [0, 0.1) is 0 Å². The van der Waals surface area contributed by atoms with Crippen molar-refractivity contribution in [1.29, 1.82) is 0 Å². The van der Waals surface area contributed by atoms with Crippen molar-refractivity contribution in [2.24, 2.45) is 0 Å². The van der Waals surface area contributed by atoms with E-state index < -0.39 is 18.8 Å². The van der Waals surface area contributed by atoms with Crippen LogP contribution in [0.3, 0.4) is 0 Å². The highest BCUT2D eigenvalue weighted by Crippen LogP contribution is 2.38. The van der Waals surface area contributed by atoms with Crippen LogP contribution in [-0.2, 0) is 4.79 Å². The van der Waals surface area contributed by atoms with Gasteiger partial charge in [-0.3, -0.25) is 0 Å². The number of pyridine rings is 1. The number of aromatic amines is 1. The van der Waals surface area contributed by atoms with Gasteiger partial charge < -0.3 is 25.3 Å². The average Bonchev–Trinajstić information content (AvgIpc) is 3.17. The zero-order valence-corrected chi connectivity index (χ0v) is 13.1. The van der Waals surface area contributed by atoms with Gasteiger partial charge in [-0.15, -0.1) is 0 Å². The normalized spacial score (nSPS) is 17.5. The maximum Gasteiger partial charge on any atom is 0.337 e. The van der Waals surface area contributed by atoms with Gasteiger partial charge in [-0.05, 0) is 36.4 Å². The number of aromatic nitrogens is 2. The number of aliphatic hydroxyl groups is 2. The molecule has 0 radical (unpaired) electrons. The molecular formula is C18H15N3O4. The van der Waals surface area contributed by atoms with E-state index in [0.717, 1.165) is 27.8 Å². The van der Waals surface area contributed by atoms with Crippen molar-refractivity contribution in [3.05, 3.63) is 53.9 Å². The van der Waals surface area contributed by atoms with Gasteiger partial charge in [-0.1, -0.05) is 0 Å². The number of hydrogen-bond acceptors (Lipinski definition) is 6. The van der Waals surface area contributed by atoms with E-state index in [4.69, 9.17) is 9.84 Å². The maximum absolute atomic E-state index is 11.3. The topological polar surface area (TPSA) is 107 Å². The minimum Gasteiger partial charge on any atom is -0.425 e. The molecule has 1 atom stereocenters. The molecule has 126 valence electrons. The van der Waals surface area contributed by atoms with Gasteiger partial charge in [0.05, 0.1) is 0 Å². The molecule has 7 nitrogen and oxygen atoms in total. The van der Waals surface area contributed by atoms with Gasteiger partial charge in [0.25, 0.3) is 0 Å². The maximum atomic E-state index is 11.3. The number of nitrogens with zero attached hydrogens (tertiary/aromatic N) is 1. The molecular weight excluding hydrogens is 322 g/mol. The Balaban J connectivity index is 1.76. The number of carbonyl (C=O) groups excluding carboxylic acids is 1. The molecule has 1 unspecified atom stereocenters. The summed E-state index contributed by atoms with van der Waals surface area (Å²) in [5.41, 5.74) is 3.78. The van der Waals surface area contributed by atoms with Crippen molar-refractivity contribution in [1.82, 2.24) is 9.97 Å². The zero-order valence-electron chi connectivity index (χ0n) is 13.1. The number of aliphatic hydroxyl groups excluding tert-OH is 2. The molecule has 3 aromatic rings. The van der Waals surface area contributed by atoms with Crippen molar-refractivity contribution in [2.75, 3.05) is 11.9 Å². The van der Waals surface area contributed by atoms with E-state index in [2.05, 4.69) is 15.3 Å². The number of hydrogen-bond donors (Lipinski definition) is 4. The lowest BCUT2D eigenvalue weighted by atomic mass is 10.0. The number of H-pyrrole nitrogens is 1. The van der Waals surface area contributed by atoms with Crippen LogP contribution in [0.4, 0.5) is 5.69 Å². The lowest BCUT2D eigenvalue weighted by molar-refractivity contribution is -0.137. The fourth-order valence-electron chi connectivity index (χ4n) is 2.91. The summed E-state index contributed by atoms with van der Waals surface area (Å²) in [6.45, 7) is -0.691. The first-order valence-electron chi connectivity index (χ1n) is 7.70. The number of esters is 1. The second-order valence-electron chi connectivity index (χ2n) is 5.63. The Bertz CT molecular complexity index is 993. The van der Waals surface area contributed by atoms with Crippen molar-refractivity contribution < 1.29 is 19.7 Å². The van der Waals surface area contributed by atoms with Crippen molar-refractivity contribution in [3.63, 3.8) is 0 Å². The van der Waals surface area contributed by atoms with Crippen LogP contribution in [0.15, 0.2) is 42.7 Å². The van der Waals surface area contributed by atoms with E-state index in [9.17, 15) is 9.90 Å². The molecule has 0 saturated heterocycles. The van der Waals surface area contributed by atoms with Crippen LogP contribution in [0.25, 0.3) is 22.7 Å². The molecule has 0 amide bonds. The first-order valence-corrected chi connectivity index (χ1v) is 7.70. The Hall–Kier alpha value is -3.16. The van der Waals surface area contributed by atoms with Gasteiger partial charge >= 0.3 is 5.97 Å². The van der Waals surface area contributed by atoms with Crippen molar-refractivity contribution in [2.45, 2.75) is 6.23 Å². The molecule has 0 aliphatic carbocycles. The number of anilines is 1. The molecule has 25 heavy (non-hydrogen) atoms. The summed E-state index contributed by atoms with van der Waals surface area (Å²) in [5, 5.41) is 23.1. The highest BCUT2D eigenvalue weighted by atomic mass is 16.5. The molecule has 3 heterocycles. The van der Waals surface area contributed by atoms with Crippen LogP contribution in [0.2, 0.25) is 0 Å². The van der Waals surface area contributed by atoms with Crippen LogP contribution in [0.1, 0.15) is 11.1 Å². The number of benzene rings is 1. The molecule has 0 fully saturated rings. The SMILES string of the molecule is O=C(CO)Oc1ccc2c(c1)C(=Cc1c[nH]c3ncccc13)C(O)N2. The molecule has 1 aliphatic rings. The number of rotatable bonds is 3. The summed E-state index contributed by atoms with van der Waals surface area (Å²) in [6, 6.07) is 8.77. The number of fused-ring (bicyclic) bond motifs is 2. The quantitative estimate of drug-likeness (QED) is 0.428. The molecule has 4 N–H and O–H groups in total. The number of ether oxygens (including phenoxy) is 1. The Kier molecular flexibility index (Phi) is 3.72. The van der Waals surface area contributed by atoms with Gasteiger partial charge in [-0.25, -0.2) is 9.78 Å². The summed E-state index contributed by atoms with van der Waals surface area (Å²) < 4.78 is 5.04. The van der Waals surface area contributed by atoms with Gasteiger partial charge in [-0.2, -0.15) is 0 Å². The fraction of sp³-hybridized carbons (Fsp3) is 0.111. The molecule has 0 saturated carbocycles. The molecule has 0 spiro atoms. The lowest BCUT2D eigenvalue weighted by Crippen LogP contribution is -2.12. The molecule has 1 aliphatic heterocycles. The molecule has 7 heteroatoms. The van der Waals surface area contributed by atoms with Crippen LogP contribution in [-0.4, -0.2) is 39.0 Å².